The highest BCUT2D eigenvalue weighted by atomic mass is 19.1. The van der Waals surface area contributed by atoms with Crippen LogP contribution in [0.25, 0.3) is 0 Å². The molecule has 2 aromatic rings. The molecule has 0 aliphatic carbocycles. The van der Waals surface area contributed by atoms with E-state index in [-0.39, 0.29) is 18.0 Å². The molecule has 19 heavy (non-hydrogen) atoms. The zero-order valence-corrected chi connectivity index (χ0v) is 10.1. The lowest BCUT2D eigenvalue weighted by molar-refractivity contribution is -0.117. The first-order chi connectivity index (χ1) is 9.15. The molecule has 1 aliphatic rings. The molecule has 3 rings (SSSR count). The van der Waals surface area contributed by atoms with Gasteiger partial charge in [-0.15, -0.1) is 0 Å². The number of anilines is 1. The van der Waals surface area contributed by atoms with E-state index in [9.17, 15) is 13.6 Å². The van der Waals surface area contributed by atoms with Gasteiger partial charge in [0.1, 0.15) is 11.6 Å². The van der Waals surface area contributed by atoms with Gasteiger partial charge in [0.05, 0.1) is 13.0 Å². The van der Waals surface area contributed by atoms with Crippen molar-refractivity contribution in [3.05, 3.63) is 65.2 Å². The third-order valence-electron chi connectivity index (χ3n) is 3.26. The van der Waals surface area contributed by atoms with Crippen molar-refractivity contribution in [2.45, 2.75) is 13.0 Å². The minimum atomic E-state index is -0.503. The normalized spacial score (nSPS) is 13.8. The summed E-state index contributed by atoms with van der Waals surface area (Å²) in [4.78, 5) is 13.4. The number of para-hydroxylation sites is 1. The van der Waals surface area contributed by atoms with E-state index in [4.69, 9.17) is 0 Å². The molecule has 4 heteroatoms. The third-order valence-corrected chi connectivity index (χ3v) is 3.26. The Morgan fingerprint density at radius 2 is 1.89 bits per heavy atom. The molecule has 1 aliphatic heterocycles. The zero-order chi connectivity index (χ0) is 13.4. The summed E-state index contributed by atoms with van der Waals surface area (Å²) < 4.78 is 26.8. The number of fused-ring (bicyclic) bond motifs is 1. The molecular weight excluding hydrogens is 248 g/mol. The molecule has 0 aromatic heterocycles. The minimum Gasteiger partial charge on any atom is -0.307 e. The van der Waals surface area contributed by atoms with Gasteiger partial charge in [-0.1, -0.05) is 18.2 Å². The third kappa shape index (κ3) is 2.10. The number of amides is 1. The predicted molar refractivity (Wildman–Crippen MR) is 67.7 cm³/mol. The predicted octanol–water partition coefficient (Wildman–Crippen LogP) is 3.05. The average molecular weight is 259 g/mol. The molecule has 0 radical (unpaired) electrons. The largest absolute Gasteiger partial charge is 0.307 e. The van der Waals surface area contributed by atoms with Crippen molar-refractivity contribution in [3.63, 3.8) is 0 Å². The van der Waals surface area contributed by atoms with Gasteiger partial charge < -0.3 is 4.90 Å². The maximum absolute atomic E-state index is 13.6. The van der Waals surface area contributed by atoms with Crippen molar-refractivity contribution < 1.29 is 13.6 Å². The number of carbonyl (C=O) groups is 1. The van der Waals surface area contributed by atoms with Gasteiger partial charge in [0.2, 0.25) is 5.91 Å². The highest BCUT2D eigenvalue weighted by molar-refractivity contribution is 6.01. The van der Waals surface area contributed by atoms with Crippen LogP contribution in [-0.2, 0) is 17.8 Å². The van der Waals surface area contributed by atoms with Crippen LogP contribution in [0.2, 0.25) is 0 Å². The van der Waals surface area contributed by atoms with E-state index in [1.54, 1.807) is 0 Å². The maximum atomic E-state index is 13.6. The van der Waals surface area contributed by atoms with Crippen LogP contribution in [0.1, 0.15) is 11.1 Å². The van der Waals surface area contributed by atoms with E-state index in [0.717, 1.165) is 29.4 Å². The summed E-state index contributed by atoms with van der Waals surface area (Å²) in [6.07, 6.45) is 0.313. The Morgan fingerprint density at radius 3 is 2.74 bits per heavy atom. The van der Waals surface area contributed by atoms with Crippen LogP contribution in [0.15, 0.2) is 42.5 Å². The molecule has 1 amide bonds. The number of hydrogen-bond acceptors (Lipinski definition) is 1. The first kappa shape index (κ1) is 11.8. The molecule has 2 aromatic carbocycles. The van der Waals surface area contributed by atoms with Crippen molar-refractivity contribution in [1.82, 2.24) is 0 Å². The van der Waals surface area contributed by atoms with E-state index in [2.05, 4.69) is 0 Å². The highest BCUT2D eigenvalue weighted by Crippen LogP contribution is 2.30. The molecule has 0 fully saturated rings. The van der Waals surface area contributed by atoms with Crippen LogP contribution in [-0.4, -0.2) is 5.91 Å². The second kappa shape index (κ2) is 4.46. The molecular formula is C15H11F2NO. The fraction of sp³-hybridized carbons (Fsp3) is 0.133. The van der Waals surface area contributed by atoms with Gasteiger partial charge >= 0.3 is 0 Å². The first-order valence-corrected chi connectivity index (χ1v) is 5.97. The molecule has 0 unspecified atom stereocenters. The van der Waals surface area contributed by atoms with Gasteiger partial charge in [-0.2, -0.15) is 0 Å². The molecule has 0 saturated heterocycles. The van der Waals surface area contributed by atoms with E-state index >= 15 is 0 Å². The van der Waals surface area contributed by atoms with Gasteiger partial charge in [0.15, 0.2) is 0 Å². The fourth-order valence-corrected chi connectivity index (χ4v) is 2.32. The van der Waals surface area contributed by atoms with E-state index in [0.29, 0.717) is 6.42 Å². The van der Waals surface area contributed by atoms with Crippen LogP contribution in [0, 0.1) is 11.6 Å². The summed E-state index contributed by atoms with van der Waals surface area (Å²) >= 11 is 0. The second-order valence-electron chi connectivity index (χ2n) is 4.52. The van der Waals surface area contributed by atoms with Crippen LogP contribution in [0.3, 0.4) is 0 Å². The molecule has 0 atom stereocenters. The topological polar surface area (TPSA) is 20.3 Å². The van der Waals surface area contributed by atoms with Gasteiger partial charge in [-0.05, 0) is 29.8 Å². The number of hydrogen-bond donors (Lipinski definition) is 0. The van der Waals surface area contributed by atoms with Crippen molar-refractivity contribution in [2.75, 3.05) is 4.90 Å². The van der Waals surface area contributed by atoms with E-state index in [1.165, 1.54) is 4.90 Å². The Hall–Kier alpha value is -2.23. The SMILES string of the molecule is O=C1Cc2ccccc2N1Cc1cc(F)ccc1F. The summed E-state index contributed by atoms with van der Waals surface area (Å²) in [7, 11) is 0. The molecule has 96 valence electrons. The lowest BCUT2D eigenvalue weighted by Crippen LogP contribution is -2.26. The summed E-state index contributed by atoms with van der Waals surface area (Å²) in [6, 6.07) is 10.6. The standard InChI is InChI=1S/C15H11F2NO/c16-12-5-6-13(17)11(7-12)9-18-14-4-2-1-3-10(14)8-15(18)19/h1-7H,8-9H2. The Labute approximate surface area is 109 Å². The molecule has 0 N–H and O–H groups in total. The summed E-state index contributed by atoms with van der Waals surface area (Å²) in [6.45, 7) is 0.0550. The number of carbonyl (C=O) groups excluding carboxylic acids is 1. The lowest BCUT2D eigenvalue weighted by atomic mass is 10.1. The minimum absolute atomic E-state index is 0.0550. The Balaban J connectivity index is 1.95. The van der Waals surface area contributed by atoms with Gasteiger partial charge in [-0.3, -0.25) is 4.79 Å². The van der Waals surface area contributed by atoms with E-state index < -0.39 is 11.6 Å². The fourth-order valence-electron chi connectivity index (χ4n) is 2.32. The quantitative estimate of drug-likeness (QED) is 0.811. The second-order valence-corrected chi connectivity index (χ2v) is 4.52. The number of nitrogens with zero attached hydrogens (tertiary/aromatic N) is 1. The zero-order valence-electron chi connectivity index (χ0n) is 10.1. The van der Waals surface area contributed by atoms with Crippen LogP contribution < -0.4 is 4.90 Å². The number of halogens is 2. The Morgan fingerprint density at radius 1 is 1.11 bits per heavy atom. The van der Waals surface area contributed by atoms with Crippen molar-refractivity contribution >= 4 is 11.6 Å². The number of rotatable bonds is 2. The molecule has 1 heterocycles. The average Bonchev–Trinajstić information content (AvgIpc) is 2.71. The van der Waals surface area contributed by atoms with Gasteiger partial charge in [0.25, 0.3) is 0 Å². The first-order valence-electron chi connectivity index (χ1n) is 5.97. The van der Waals surface area contributed by atoms with Crippen molar-refractivity contribution in [3.8, 4) is 0 Å². The molecule has 0 saturated carbocycles. The molecule has 0 bridgehead atoms. The van der Waals surface area contributed by atoms with Crippen LogP contribution >= 0.6 is 0 Å². The Kier molecular flexibility index (Phi) is 2.78. The van der Waals surface area contributed by atoms with E-state index in [1.807, 2.05) is 24.3 Å². The van der Waals surface area contributed by atoms with Crippen LogP contribution in [0.4, 0.5) is 14.5 Å². The Bertz CT molecular complexity index is 654. The van der Waals surface area contributed by atoms with Crippen LogP contribution in [0.5, 0.6) is 0 Å². The summed E-state index contributed by atoms with van der Waals surface area (Å²) in [5.41, 5.74) is 1.88. The van der Waals surface area contributed by atoms with Crippen molar-refractivity contribution in [2.24, 2.45) is 0 Å². The number of benzene rings is 2. The van der Waals surface area contributed by atoms with Crippen molar-refractivity contribution in [1.29, 1.82) is 0 Å². The molecule has 0 spiro atoms. The maximum Gasteiger partial charge on any atom is 0.231 e. The monoisotopic (exact) mass is 259 g/mol. The summed E-state index contributed by atoms with van der Waals surface area (Å²) in [5.74, 6) is -1.10. The highest BCUT2D eigenvalue weighted by Gasteiger charge is 2.27. The smallest absolute Gasteiger partial charge is 0.231 e. The lowest BCUT2D eigenvalue weighted by Gasteiger charge is -2.17. The summed E-state index contributed by atoms with van der Waals surface area (Å²) in [5, 5.41) is 0. The van der Waals surface area contributed by atoms with Gasteiger partial charge in [-0.25, -0.2) is 8.78 Å². The van der Waals surface area contributed by atoms with Gasteiger partial charge in [0, 0.05) is 11.3 Å². The molecule has 2 nitrogen and oxygen atoms in total.